The minimum Gasteiger partial charge on any atom is -0.481 e. The zero-order chi connectivity index (χ0) is 12.1. The Labute approximate surface area is 104 Å². The van der Waals surface area contributed by atoms with Gasteiger partial charge < -0.3 is 15.5 Å². The number of carboxylic acids is 1. The second kappa shape index (κ2) is 6.10. The lowest BCUT2D eigenvalue weighted by Gasteiger charge is -2.11. The van der Waals surface area contributed by atoms with Gasteiger partial charge in [0, 0.05) is 10.0 Å². The molecule has 85 valence electrons. The molecule has 0 aliphatic rings. The number of halogens is 2. The molecular formula is C9H9BCl2NO3. The van der Waals surface area contributed by atoms with Gasteiger partial charge in [-0.15, -0.1) is 0 Å². The van der Waals surface area contributed by atoms with Crippen molar-refractivity contribution in [2.24, 2.45) is 5.73 Å². The van der Waals surface area contributed by atoms with Crippen LogP contribution >= 0.6 is 23.2 Å². The molecule has 0 amide bonds. The normalized spacial score (nSPS) is 12.2. The average molecular weight is 261 g/mol. The van der Waals surface area contributed by atoms with E-state index in [2.05, 4.69) is 0 Å². The van der Waals surface area contributed by atoms with Crippen LogP contribution in [0.4, 0.5) is 0 Å². The smallest absolute Gasteiger partial charge is 0.314 e. The Bertz CT molecular complexity index is 369. The molecule has 0 saturated carbocycles. The number of carboxylic acid groups (broad SMARTS) is 1. The summed E-state index contributed by atoms with van der Waals surface area (Å²) in [5, 5.41) is 9.74. The Morgan fingerprint density at radius 1 is 1.44 bits per heavy atom. The van der Waals surface area contributed by atoms with Gasteiger partial charge in [0.15, 0.2) is 0 Å². The summed E-state index contributed by atoms with van der Waals surface area (Å²) < 4.78 is 4.78. The topological polar surface area (TPSA) is 72.5 Å². The molecule has 0 aromatic heterocycles. The molecule has 0 aliphatic heterocycles. The Morgan fingerprint density at radius 2 is 2.00 bits per heavy atom. The minimum absolute atomic E-state index is 0.0852. The third kappa shape index (κ3) is 3.68. The molecule has 7 heteroatoms. The van der Waals surface area contributed by atoms with Crippen molar-refractivity contribution in [3.05, 3.63) is 33.8 Å². The van der Waals surface area contributed by atoms with E-state index in [1.54, 1.807) is 0 Å². The van der Waals surface area contributed by atoms with Crippen molar-refractivity contribution in [1.29, 1.82) is 0 Å². The molecule has 0 spiro atoms. The third-order valence-corrected chi connectivity index (χ3v) is 2.28. The van der Waals surface area contributed by atoms with Crippen LogP contribution in [0.25, 0.3) is 0 Å². The first-order valence-electron chi connectivity index (χ1n) is 4.38. The lowest BCUT2D eigenvalue weighted by molar-refractivity contribution is -0.137. The Morgan fingerprint density at radius 3 is 2.44 bits per heavy atom. The van der Waals surface area contributed by atoms with E-state index in [0.717, 1.165) is 7.48 Å². The first-order chi connectivity index (χ1) is 7.54. The van der Waals surface area contributed by atoms with E-state index in [4.69, 9.17) is 38.7 Å². The summed E-state index contributed by atoms with van der Waals surface area (Å²) in [5.41, 5.74) is 5.56. The molecule has 4 nitrogen and oxygen atoms in total. The average Bonchev–Trinajstić information content (AvgIpc) is 2.16. The Hall–Kier alpha value is -0.745. The standard InChI is InChI=1S/C9H9BCl2NO3/c11-6-1-5(2-7(12)3-6)8(9(14)15)10-16-4-13/h1-3,8H,4,13H2,(H,14,15). The molecule has 1 atom stereocenters. The summed E-state index contributed by atoms with van der Waals surface area (Å²) in [6.07, 6.45) is 0. The van der Waals surface area contributed by atoms with E-state index in [9.17, 15) is 4.79 Å². The largest absolute Gasteiger partial charge is 0.481 e. The highest BCUT2D eigenvalue weighted by molar-refractivity contribution is 6.38. The number of aliphatic carboxylic acids is 1. The van der Waals surface area contributed by atoms with E-state index in [1.807, 2.05) is 0 Å². The van der Waals surface area contributed by atoms with Gasteiger partial charge >= 0.3 is 13.5 Å². The summed E-state index contributed by atoms with van der Waals surface area (Å²) in [6.45, 7) is -0.0852. The van der Waals surface area contributed by atoms with E-state index in [0.29, 0.717) is 15.6 Å². The molecule has 1 radical (unpaired) electrons. The van der Waals surface area contributed by atoms with Gasteiger partial charge in [-0.3, -0.25) is 4.79 Å². The molecular weight excluding hydrogens is 252 g/mol. The van der Waals surface area contributed by atoms with Crippen LogP contribution < -0.4 is 5.73 Å². The number of carbonyl (C=O) groups is 1. The third-order valence-electron chi connectivity index (χ3n) is 1.84. The van der Waals surface area contributed by atoms with Crippen LogP contribution in [0.1, 0.15) is 11.4 Å². The van der Waals surface area contributed by atoms with Gasteiger partial charge in [0.2, 0.25) is 0 Å². The molecule has 1 unspecified atom stereocenters. The lowest BCUT2D eigenvalue weighted by Crippen LogP contribution is -2.23. The number of rotatable bonds is 5. The highest BCUT2D eigenvalue weighted by Gasteiger charge is 2.23. The van der Waals surface area contributed by atoms with E-state index < -0.39 is 11.8 Å². The summed E-state index contributed by atoms with van der Waals surface area (Å²) in [7, 11) is 1.14. The van der Waals surface area contributed by atoms with Gasteiger partial charge in [0.25, 0.3) is 0 Å². The molecule has 1 rings (SSSR count). The van der Waals surface area contributed by atoms with Crippen molar-refractivity contribution in [3.8, 4) is 0 Å². The van der Waals surface area contributed by atoms with Crippen LogP contribution in [-0.2, 0) is 9.45 Å². The maximum Gasteiger partial charge on any atom is 0.314 e. The minimum atomic E-state index is -1.06. The molecule has 16 heavy (non-hydrogen) atoms. The first kappa shape index (κ1) is 13.3. The summed E-state index contributed by atoms with van der Waals surface area (Å²) in [5.74, 6) is -2.01. The molecule has 0 saturated heterocycles. The fraction of sp³-hybridized carbons (Fsp3) is 0.222. The molecule has 0 heterocycles. The zero-order valence-electron chi connectivity index (χ0n) is 8.19. The van der Waals surface area contributed by atoms with Crippen molar-refractivity contribution >= 4 is 36.7 Å². The zero-order valence-corrected chi connectivity index (χ0v) is 9.70. The van der Waals surface area contributed by atoms with Crippen molar-refractivity contribution in [3.63, 3.8) is 0 Å². The van der Waals surface area contributed by atoms with Crippen LogP contribution in [0.2, 0.25) is 10.0 Å². The van der Waals surface area contributed by atoms with Gasteiger partial charge in [0.05, 0.1) is 12.5 Å². The van der Waals surface area contributed by atoms with E-state index in [1.165, 1.54) is 18.2 Å². The van der Waals surface area contributed by atoms with Crippen molar-refractivity contribution in [1.82, 2.24) is 0 Å². The predicted octanol–water partition coefficient (Wildman–Crippen LogP) is 1.67. The monoisotopic (exact) mass is 260 g/mol. The van der Waals surface area contributed by atoms with Crippen LogP contribution in [0, 0.1) is 0 Å². The molecule has 0 aliphatic carbocycles. The summed E-state index contributed by atoms with van der Waals surface area (Å²) in [4.78, 5) is 11.0. The van der Waals surface area contributed by atoms with Crippen LogP contribution in [0.3, 0.4) is 0 Å². The molecule has 0 bridgehead atoms. The summed E-state index contributed by atoms with van der Waals surface area (Å²) in [6, 6.07) is 4.56. The van der Waals surface area contributed by atoms with Gasteiger partial charge in [0.1, 0.15) is 0 Å². The highest BCUT2D eigenvalue weighted by atomic mass is 35.5. The first-order valence-corrected chi connectivity index (χ1v) is 5.14. The Kier molecular flexibility index (Phi) is 5.08. The molecule has 3 N–H and O–H groups in total. The number of hydrogen-bond donors (Lipinski definition) is 2. The fourth-order valence-electron chi connectivity index (χ4n) is 1.19. The van der Waals surface area contributed by atoms with Gasteiger partial charge in [-0.2, -0.15) is 0 Å². The maximum absolute atomic E-state index is 11.0. The fourth-order valence-corrected chi connectivity index (χ4v) is 1.73. The van der Waals surface area contributed by atoms with Crippen molar-refractivity contribution in [2.75, 3.05) is 6.73 Å². The Balaban J connectivity index is 2.96. The van der Waals surface area contributed by atoms with Gasteiger partial charge in [-0.25, -0.2) is 0 Å². The number of hydrogen-bond acceptors (Lipinski definition) is 3. The van der Waals surface area contributed by atoms with Crippen LogP contribution in [0.15, 0.2) is 18.2 Å². The highest BCUT2D eigenvalue weighted by Crippen LogP contribution is 2.24. The van der Waals surface area contributed by atoms with E-state index in [-0.39, 0.29) is 6.73 Å². The van der Waals surface area contributed by atoms with Gasteiger partial charge in [-0.1, -0.05) is 23.2 Å². The quantitative estimate of drug-likeness (QED) is 0.624. The SMILES string of the molecule is NCO[B]C(C(=O)O)c1cc(Cl)cc(Cl)c1. The predicted molar refractivity (Wildman–Crippen MR) is 62.7 cm³/mol. The molecule has 1 aromatic carbocycles. The second-order valence-corrected chi connectivity index (χ2v) is 3.86. The van der Waals surface area contributed by atoms with Gasteiger partial charge in [-0.05, 0) is 23.8 Å². The molecule has 1 aromatic rings. The number of nitrogens with two attached hydrogens (primary N) is 1. The summed E-state index contributed by atoms with van der Waals surface area (Å²) >= 11 is 11.6. The van der Waals surface area contributed by atoms with Crippen molar-refractivity contribution in [2.45, 2.75) is 5.82 Å². The van der Waals surface area contributed by atoms with Crippen molar-refractivity contribution < 1.29 is 14.6 Å². The van der Waals surface area contributed by atoms with Crippen LogP contribution in [0.5, 0.6) is 0 Å². The number of benzene rings is 1. The van der Waals surface area contributed by atoms with E-state index >= 15 is 0 Å². The maximum atomic E-state index is 11.0. The lowest BCUT2D eigenvalue weighted by atomic mass is 9.75. The molecule has 0 fully saturated rings. The second-order valence-electron chi connectivity index (χ2n) is 2.99. The van der Waals surface area contributed by atoms with Crippen LogP contribution in [-0.4, -0.2) is 25.3 Å².